The van der Waals surface area contributed by atoms with Gasteiger partial charge in [0.05, 0.1) is 0 Å². The maximum absolute atomic E-state index is 13.9. The molecule has 13 heteroatoms. The van der Waals surface area contributed by atoms with Crippen LogP contribution in [0.2, 0.25) is 0 Å². The minimum Gasteiger partial charge on any atom is -0.373 e. The van der Waals surface area contributed by atoms with Gasteiger partial charge in [0.2, 0.25) is 11.8 Å². The molecule has 0 saturated carbocycles. The Hall–Kier alpha value is -2.96. The van der Waals surface area contributed by atoms with Crippen molar-refractivity contribution in [2.75, 3.05) is 17.6 Å². The Kier molecular flexibility index (Phi) is 11.9. The summed E-state index contributed by atoms with van der Waals surface area (Å²) in [6.45, 7) is 4.37. The maximum atomic E-state index is 13.9. The number of nitrogens with two attached hydrogens (primary N) is 2. The van der Waals surface area contributed by atoms with Crippen LogP contribution in [0.15, 0.2) is 36.4 Å². The van der Waals surface area contributed by atoms with Crippen LogP contribution >= 0.6 is 24.2 Å². The van der Waals surface area contributed by atoms with Crippen LogP contribution in [0.5, 0.6) is 0 Å². The fraction of sp³-hybridized carbons (Fsp3) is 0.423. The second-order valence-electron chi connectivity index (χ2n) is 9.52. The van der Waals surface area contributed by atoms with Gasteiger partial charge < -0.3 is 27.0 Å². The molecule has 0 aliphatic carbocycles. The standard InChI is InChI=1S/C26H32F3N5O3S.ClH/c1-14(2)23(24(31)36)33-18-5-3-15(4-6-18)13-32-25(37)26-34(7-8-38-26)22(35)11-17(30)9-16-10-20(28)21(29)12-19(16)27;/h3-6,10,12,14,17,23,26,33H,7-9,11,13,30H2,1-2H3,(H2,31,36)(H,32,37);1H/t17-,23-,26+;/m1./s1. The van der Waals surface area contributed by atoms with Gasteiger partial charge in [0.1, 0.15) is 11.9 Å². The molecule has 1 fully saturated rings. The molecule has 0 aromatic heterocycles. The molecular formula is C26H33ClF3N5O3S. The van der Waals surface area contributed by atoms with Crippen molar-refractivity contribution in [3.8, 4) is 0 Å². The van der Waals surface area contributed by atoms with E-state index in [2.05, 4.69) is 10.6 Å². The lowest BCUT2D eigenvalue weighted by molar-refractivity contribution is -0.136. The number of anilines is 1. The summed E-state index contributed by atoms with van der Waals surface area (Å²) in [6, 6.07) is 7.03. The van der Waals surface area contributed by atoms with Gasteiger partial charge in [-0.3, -0.25) is 14.4 Å². The van der Waals surface area contributed by atoms with Crippen molar-refractivity contribution < 1.29 is 27.6 Å². The van der Waals surface area contributed by atoms with E-state index >= 15 is 0 Å². The van der Waals surface area contributed by atoms with Gasteiger partial charge in [-0.15, -0.1) is 24.2 Å². The summed E-state index contributed by atoms with van der Waals surface area (Å²) in [5, 5.41) is 5.19. The lowest BCUT2D eigenvalue weighted by Gasteiger charge is -2.24. The Morgan fingerprint density at radius 3 is 2.33 bits per heavy atom. The lowest BCUT2D eigenvalue weighted by Crippen LogP contribution is -2.46. The van der Waals surface area contributed by atoms with Gasteiger partial charge >= 0.3 is 0 Å². The molecule has 2 aromatic rings. The summed E-state index contributed by atoms with van der Waals surface area (Å²) in [5.41, 5.74) is 12.9. The van der Waals surface area contributed by atoms with E-state index in [0.717, 1.165) is 17.3 Å². The second-order valence-corrected chi connectivity index (χ2v) is 10.7. The monoisotopic (exact) mass is 587 g/mol. The number of benzene rings is 2. The molecule has 1 aliphatic rings. The predicted molar refractivity (Wildman–Crippen MR) is 148 cm³/mol. The van der Waals surface area contributed by atoms with Gasteiger partial charge in [-0.25, -0.2) is 13.2 Å². The number of thioether (sulfide) groups is 1. The Morgan fingerprint density at radius 2 is 1.72 bits per heavy atom. The zero-order valence-electron chi connectivity index (χ0n) is 21.6. The predicted octanol–water partition coefficient (Wildman–Crippen LogP) is 2.93. The van der Waals surface area contributed by atoms with E-state index in [4.69, 9.17) is 11.5 Å². The number of halogens is 4. The largest absolute Gasteiger partial charge is 0.373 e. The zero-order valence-corrected chi connectivity index (χ0v) is 23.2. The first-order chi connectivity index (χ1) is 18.0. The van der Waals surface area contributed by atoms with Crippen LogP contribution in [0.4, 0.5) is 18.9 Å². The molecule has 0 spiro atoms. The first kappa shape index (κ1) is 32.3. The third-order valence-electron chi connectivity index (χ3n) is 6.16. The van der Waals surface area contributed by atoms with E-state index in [0.29, 0.717) is 18.4 Å². The average Bonchev–Trinajstić information content (AvgIpc) is 3.35. The molecule has 6 N–H and O–H groups in total. The van der Waals surface area contributed by atoms with Crippen LogP contribution in [-0.4, -0.2) is 52.4 Å². The molecule has 0 unspecified atom stereocenters. The highest BCUT2D eigenvalue weighted by Gasteiger charge is 2.35. The van der Waals surface area contributed by atoms with Gasteiger partial charge in [-0.05, 0) is 41.7 Å². The summed E-state index contributed by atoms with van der Waals surface area (Å²) >= 11 is 1.32. The highest BCUT2D eigenvalue weighted by atomic mass is 35.5. The van der Waals surface area contributed by atoms with E-state index in [1.165, 1.54) is 16.7 Å². The molecule has 3 atom stereocenters. The number of hydrogen-bond donors (Lipinski definition) is 4. The van der Waals surface area contributed by atoms with Crippen LogP contribution in [0.25, 0.3) is 0 Å². The molecule has 1 heterocycles. The quantitative estimate of drug-likeness (QED) is 0.299. The van der Waals surface area contributed by atoms with Crippen LogP contribution in [0.1, 0.15) is 31.4 Å². The summed E-state index contributed by atoms with van der Waals surface area (Å²) in [7, 11) is 0. The third kappa shape index (κ3) is 8.77. The Labute approximate surface area is 235 Å². The van der Waals surface area contributed by atoms with Crippen molar-refractivity contribution in [3.05, 3.63) is 65.0 Å². The Balaban J connectivity index is 0.00000533. The van der Waals surface area contributed by atoms with Gasteiger partial charge in [0.25, 0.3) is 5.91 Å². The molecule has 214 valence electrons. The van der Waals surface area contributed by atoms with E-state index in [9.17, 15) is 27.6 Å². The molecule has 8 nitrogen and oxygen atoms in total. The third-order valence-corrected chi connectivity index (χ3v) is 7.36. The molecular weight excluding hydrogens is 555 g/mol. The van der Waals surface area contributed by atoms with Crippen molar-refractivity contribution in [3.63, 3.8) is 0 Å². The molecule has 2 aromatic carbocycles. The number of primary amides is 1. The molecule has 1 aliphatic heterocycles. The highest BCUT2D eigenvalue weighted by molar-refractivity contribution is 8.00. The first-order valence-electron chi connectivity index (χ1n) is 12.2. The SMILES string of the molecule is CC(C)[C@@H](Nc1ccc(CNC(=O)[C@@H]2SCCN2C(=O)C[C@H](N)Cc2cc(F)c(F)cc2F)cc1)C(N)=O.Cl. The number of hydrogen-bond acceptors (Lipinski definition) is 6. The van der Waals surface area contributed by atoms with Crippen molar-refractivity contribution in [2.24, 2.45) is 17.4 Å². The fourth-order valence-electron chi connectivity index (χ4n) is 4.10. The zero-order chi connectivity index (χ0) is 28.0. The Morgan fingerprint density at radius 1 is 1.08 bits per heavy atom. The lowest BCUT2D eigenvalue weighted by atomic mass is 10.0. The van der Waals surface area contributed by atoms with E-state index in [1.807, 2.05) is 26.0 Å². The highest BCUT2D eigenvalue weighted by Crippen LogP contribution is 2.25. The number of amides is 3. The molecule has 1 saturated heterocycles. The van der Waals surface area contributed by atoms with Crippen LogP contribution in [-0.2, 0) is 27.3 Å². The molecule has 3 amide bonds. The number of carbonyl (C=O) groups excluding carboxylic acids is 3. The van der Waals surface area contributed by atoms with Crippen molar-refractivity contribution in [1.82, 2.24) is 10.2 Å². The maximum Gasteiger partial charge on any atom is 0.253 e. The molecule has 0 bridgehead atoms. The van der Waals surface area contributed by atoms with Crippen LogP contribution in [0, 0.1) is 23.4 Å². The Bertz CT molecular complexity index is 1170. The topological polar surface area (TPSA) is 131 Å². The van der Waals surface area contributed by atoms with Gasteiger partial charge in [0, 0.05) is 43.1 Å². The van der Waals surface area contributed by atoms with Crippen molar-refractivity contribution in [1.29, 1.82) is 0 Å². The van der Waals surface area contributed by atoms with E-state index in [-0.39, 0.29) is 55.1 Å². The van der Waals surface area contributed by atoms with Gasteiger partial charge in [-0.1, -0.05) is 26.0 Å². The van der Waals surface area contributed by atoms with Gasteiger partial charge in [0.15, 0.2) is 17.0 Å². The minimum atomic E-state index is -1.30. The van der Waals surface area contributed by atoms with Crippen LogP contribution in [0.3, 0.4) is 0 Å². The first-order valence-corrected chi connectivity index (χ1v) is 13.2. The normalized spacial score (nSPS) is 16.4. The van der Waals surface area contributed by atoms with Crippen molar-refractivity contribution in [2.45, 2.75) is 50.7 Å². The van der Waals surface area contributed by atoms with Crippen molar-refractivity contribution >= 4 is 47.6 Å². The minimum absolute atomic E-state index is 0. The van der Waals surface area contributed by atoms with E-state index in [1.54, 1.807) is 12.1 Å². The smallest absolute Gasteiger partial charge is 0.253 e. The summed E-state index contributed by atoms with van der Waals surface area (Å²) in [4.78, 5) is 38.7. The second kappa shape index (κ2) is 14.4. The summed E-state index contributed by atoms with van der Waals surface area (Å²) in [5.74, 6) is -4.00. The number of nitrogens with zero attached hydrogens (tertiary/aromatic N) is 1. The fourth-order valence-corrected chi connectivity index (χ4v) is 5.26. The number of nitrogens with one attached hydrogen (secondary N) is 2. The van der Waals surface area contributed by atoms with E-state index < -0.39 is 40.8 Å². The number of carbonyl (C=O) groups is 3. The molecule has 3 rings (SSSR count). The average molecular weight is 588 g/mol. The number of rotatable bonds is 11. The summed E-state index contributed by atoms with van der Waals surface area (Å²) in [6.07, 6.45) is -0.339. The summed E-state index contributed by atoms with van der Waals surface area (Å²) < 4.78 is 40.5. The van der Waals surface area contributed by atoms with Crippen LogP contribution < -0.4 is 22.1 Å². The molecule has 39 heavy (non-hydrogen) atoms. The van der Waals surface area contributed by atoms with Gasteiger partial charge in [-0.2, -0.15) is 0 Å². The molecule has 0 radical (unpaired) electrons.